The zero-order chi connectivity index (χ0) is 39.3. The number of carbonyl (C=O) groups is 3. The van der Waals surface area contributed by atoms with Crippen LogP contribution in [0.5, 0.6) is 0 Å². The third-order valence-electron chi connectivity index (χ3n) is 9.21. The highest BCUT2D eigenvalue weighted by molar-refractivity contribution is 5.72. The van der Waals surface area contributed by atoms with Crippen LogP contribution in [0.4, 0.5) is 0 Å². The van der Waals surface area contributed by atoms with E-state index >= 15 is 0 Å². The molecule has 0 aliphatic heterocycles. The van der Waals surface area contributed by atoms with Gasteiger partial charge in [0, 0.05) is 19.3 Å². The number of likely N-dealkylation sites (N-methyl/N-ethyl adjacent to an activating group) is 1. The lowest BCUT2D eigenvalue weighted by Gasteiger charge is -2.31. The first-order valence-corrected chi connectivity index (χ1v) is 21.2. The summed E-state index contributed by atoms with van der Waals surface area (Å²) in [5.74, 6) is -1.52. The molecule has 0 rings (SSSR count). The fraction of sp³-hybridized carbons (Fsp3) is 0.756. The van der Waals surface area contributed by atoms with Gasteiger partial charge in [-0.2, -0.15) is 0 Å². The van der Waals surface area contributed by atoms with Crippen LogP contribution in [-0.4, -0.2) is 80.6 Å². The number of carboxylic acid groups (broad SMARTS) is 1. The fourth-order valence-corrected chi connectivity index (χ4v) is 5.93. The van der Waals surface area contributed by atoms with Crippen molar-refractivity contribution in [1.82, 2.24) is 0 Å². The van der Waals surface area contributed by atoms with Crippen molar-refractivity contribution in [2.45, 2.75) is 180 Å². The maximum absolute atomic E-state index is 12.7. The zero-order valence-electron chi connectivity index (χ0n) is 34.7. The third-order valence-corrected chi connectivity index (χ3v) is 9.21. The van der Waals surface area contributed by atoms with Crippen molar-refractivity contribution in [3.8, 4) is 0 Å². The van der Waals surface area contributed by atoms with Crippen LogP contribution in [0.2, 0.25) is 0 Å². The molecular weight excluding hydrogens is 666 g/mol. The molecule has 0 aliphatic rings. The SMILES string of the molecule is CC/C=C/C/C=C/C/C=C/CCCCCCCCCCCCC(=O)OC(COCCC(C(=O)O)[N+](C)(C)C)COC(=O)CCC/C=C/CCCCCC. The van der Waals surface area contributed by atoms with Gasteiger partial charge in [0.15, 0.2) is 12.1 Å². The first-order chi connectivity index (χ1) is 25.6. The number of allylic oxidation sites excluding steroid dienone is 8. The largest absolute Gasteiger partial charge is 0.477 e. The highest BCUT2D eigenvalue weighted by atomic mass is 16.6. The van der Waals surface area contributed by atoms with Gasteiger partial charge in [-0.25, -0.2) is 4.79 Å². The Hall–Kier alpha value is -2.71. The average Bonchev–Trinajstić information content (AvgIpc) is 3.11. The number of ether oxygens (including phenoxy) is 3. The van der Waals surface area contributed by atoms with Crippen molar-refractivity contribution in [2.75, 3.05) is 41.0 Å². The molecule has 0 spiro atoms. The molecule has 8 nitrogen and oxygen atoms in total. The molecule has 0 bridgehead atoms. The summed E-state index contributed by atoms with van der Waals surface area (Å²) < 4.78 is 17.2. The van der Waals surface area contributed by atoms with E-state index in [1.165, 1.54) is 77.0 Å². The minimum atomic E-state index is -0.881. The number of rotatable bonds is 37. The Morgan fingerprint density at radius 1 is 0.585 bits per heavy atom. The molecule has 0 aliphatic carbocycles. The number of esters is 2. The molecule has 0 fully saturated rings. The Bertz CT molecular complexity index is 1010. The smallest absolute Gasteiger partial charge is 0.362 e. The number of nitrogens with zero attached hydrogens (tertiary/aromatic N) is 1. The molecule has 0 aromatic heterocycles. The van der Waals surface area contributed by atoms with E-state index in [4.69, 9.17) is 14.2 Å². The number of carbonyl (C=O) groups excluding carboxylic acids is 2. The minimum absolute atomic E-state index is 0.0506. The van der Waals surface area contributed by atoms with E-state index in [0.717, 1.165) is 51.4 Å². The Morgan fingerprint density at radius 3 is 1.64 bits per heavy atom. The van der Waals surface area contributed by atoms with Crippen LogP contribution < -0.4 is 0 Å². The van der Waals surface area contributed by atoms with Gasteiger partial charge in [0.25, 0.3) is 0 Å². The normalized spacial score (nSPS) is 13.5. The molecule has 0 radical (unpaired) electrons. The van der Waals surface area contributed by atoms with Crippen molar-refractivity contribution >= 4 is 17.9 Å². The van der Waals surface area contributed by atoms with Gasteiger partial charge < -0.3 is 23.8 Å². The predicted molar refractivity (Wildman–Crippen MR) is 220 cm³/mol. The van der Waals surface area contributed by atoms with Crippen LogP contribution >= 0.6 is 0 Å². The lowest BCUT2D eigenvalue weighted by molar-refractivity contribution is -0.887. The number of hydrogen-bond donors (Lipinski definition) is 1. The summed E-state index contributed by atoms with van der Waals surface area (Å²) in [5.41, 5.74) is 0. The molecule has 0 saturated carbocycles. The lowest BCUT2D eigenvalue weighted by Crippen LogP contribution is -2.50. The summed E-state index contributed by atoms with van der Waals surface area (Å²) in [4.78, 5) is 36.8. The monoisotopic (exact) mass is 747 g/mol. The van der Waals surface area contributed by atoms with Crippen LogP contribution in [0.15, 0.2) is 48.6 Å². The second-order valence-electron chi connectivity index (χ2n) is 15.2. The Morgan fingerprint density at radius 2 is 1.08 bits per heavy atom. The fourth-order valence-electron chi connectivity index (χ4n) is 5.93. The zero-order valence-corrected chi connectivity index (χ0v) is 34.7. The van der Waals surface area contributed by atoms with E-state index in [1.54, 1.807) is 0 Å². The van der Waals surface area contributed by atoms with Gasteiger partial charge in [0.2, 0.25) is 0 Å². The van der Waals surface area contributed by atoms with Crippen LogP contribution in [0.1, 0.15) is 168 Å². The molecule has 0 heterocycles. The molecular formula is C45H80NO7+. The van der Waals surface area contributed by atoms with E-state index in [1.807, 2.05) is 21.1 Å². The van der Waals surface area contributed by atoms with E-state index in [9.17, 15) is 19.5 Å². The Labute approximate surface area is 325 Å². The molecule has 0 aromatic carbocycles. The first-order valence-electron chi connectivity index (χ1n) is 21.2. The van der Waals surface area contributed by atoms with Gasteiger partial charge in [-0.1, -0.05) is 133 Å². The maximum Gasteiger partial charge on any atom is 0.362 e. The van der Waals surface area contributed by atoms with Crippen molar-refractivity contribution in [2.24, 2.45) is 0 Å². The number of carboxylic acids is 1. The molecule has 0 saturated heterocycles. The van der Waals surface area contributed by atoms with Gasteiger partial charge in [0.05, 0.1) is 34.4 Å². The number of hydrogen-bond acceptors (Lipinski definition) is 6. The van der Waals surface area contributed by atoms with Crippen LogP contribution in [0.3, 0.4) is 0 Å². The second kappa shape index (κ2) is 36.3. The topological polar surface area (TPSA) is 99.1 Å². The van der Waals surface area contributed by atoms with Crippen LogP contribution in [0, 0.1) is 0 Å². The van der Waals surface area contributed by atoms with Crippen molar-refractivity contribution < 1.29 is 38.2 Å². The summed E-state index contributed by atoms with van der Waals surface area (Å²) in [7, 11) is 5.51. The minimum Gasteiger partial charge on any atom is -0.477 e. The summed E-state index contributed by atoms with van der Waals surface area (Å²) >= 11 is 0. The van der Waals surface area contributed by atoms with Gasteiger partial charge in [-0.15, -0.1) is 0 Å². The van der Waals surface area contributed by atoms with Crippen molar-refractivity contribution in [1.29, 1.82) is 0 Å². The summed E-state index contributed by atoms with van der Waals surface area (Å²) in [6.07, 6.45) is 41.7. The van der Waals surface area contributed by atoms with E-state index < -0.39 is 18.1 Å². The third kappa shape index (κ3) is 34.8. The molecule has 2 unspecified atom stereocenters. The molecule has 1 N–H and O–H groups in total. The summed E-state index contributed by atoms with van der Waals surface area (Å²) in [6, 6.07) is -0.618. The quantitative estimate of drug-likeness (QED) is 0.0292. The maximum atomic E-state index is 12.7. The highest BCUT2D eigenvalue weighted by Crippen LogP contribution is 2.14. The predicted octanol–water partition coefficient (Wildman–Crippen LogP) is 11.2. The molecule has 53 heavy (non-hydrogen) atoms. The molecule has 0 amide bonds. The summed E-state index contributed by atoms with van der Waals surface area (Å²) in [6.45, 7) is 4.55. The van der Waals surface area contributed by atoms with Crippen LogP contribution in [0.25, 0.3) is 0 Å². The lowest BCUT2D eigenvalue weighted by atomic mass is 10.0. The van der Waals surface area contributed by atoms with Crippen molar-refractivity contribution in [3.63, 3.8) is 0 Å². The Kier molecular flexibility index (Phi) is 34.4. The standard InChI is InChI=1S/C45H79NO7/c1-6-8-10-12-14-16-17-18-19-20-21-22-23-24-25-26-28-30-32-34-36-44(48)53-41(39-51-38-37-42(45(49)50)46(3,4)5)40-52-43(47)35-33-31-29-27-15-13-11-9-7-2/h8,10,14,16,18-19,27,29,41-42H,6-7,9,11-13,15,17,20-26,28,30-40H2,1-5H3/p+1/b10-8+,16-14+,19-18+,29-27+. The molecule has 8 heteroatoms. The van der Waals surface area contributed by atoms with E-state index in [-0.39, 0.29) is 36.2 Å². The van der Waals surface area contributed by atoms with Gasteiger partial charge in [-0.3, -0.25) is 9.59 Å². The molecule has 306 valence electrons. The average molecular weight is 747 g/mol. The Balaban J connectivity index is 4.30. The molecule has 2 atom stereocenters. The van der Waals surface area contributed by atoms with Crippen molar-refractivity contribution in [3.05, 3.63) is 48.6 Å². The van der Waals surface area contributed by atoms with Gasteiger partial charge in [0.1, 0.15) is 6.61 Å². The number of quaternary nitrogens is 1. The van der Waals surface area contributed by atoms with E-state index in [0.29, 0.717) is 25.7 Å². The highest BCUT2D eigenvalue weighted by Gasteiger charge is 2.31. The second-order valence-corrected chi connectivity index (χ2v) is 15.2. The number of unbranched alkanes of at least 4 members (excludes halogenated alkanes) is 15. The first kappa shape index (κ1) is 50.3. The van der Waals surface area contributed by atoms with Crippen LogP contribution in [-0.2, 0) is 28.6 Å². The van der Waals surface area contributed by atoms with Gasteiger partial charge >= 0.3 is 17.9 Å². The molecule has 0 aromatic rings. The van der Waals surface area contributed by atoms with E-state index in [2.05, 4.69) is 62.5 Å². The van der Waals surface area contributed by atoms with Gasteiger partial charge in [-0.05, 0) is 64.2 Å². The summed E-state index contributed by atoms with van der Waals surface area (Å²) in [5, 5.41) is 9.59. The number of aliphatic carboxylic acids is 1.